The molecule has 20 heavy (non-hydrogen) atoms. The molecule has 1 aliphatic rings. The number of phenolic OH excluding ortho intramolecular Hbond substituents is 1. The van der Waals surface area contributed by atoms with E-state index in [0.29, 0.717) is 25.1 Å². The van der Waals surface area contributed by atoms with Crippen molar-refractivity contribution in [1.29, 1.82) is 0 Å². The normalized spacial score (nSPS) is 21.2. The Kier molecular flexibility index (Phi) is 4.27. The zero-order valence-electron chi connectivity index (χ0n) is 11.8. The summed E-state index contributed by atoms with van der Waals surface area (Å²) in [5.41, 5.74) is 2.03. The van der Waals surface area contributed by atoms with Crippen molar-refractivity contribution in [3.63, 3.8) is 0 Å². The number of carbonyl (C=O) groups is 1. The molecule has 0 aliphatic carbocycles. The van der Waals surface area contributed by atoms with Crippen LogP contribution in [0, 0.1) is 12.8 Å². The molecule has 1 unspecified atom stereocenters. The molecule has 0 radical (unpaired) electrons. The van der Waals surface area contributed by atoms with Crippen LogP contribution in [0.5, 0.6) is 5.75 Å². The summed E-state index contributed by atoms with van der Waals surface area (Å²) in [5.74, 6) is -0.0680. The number of hydrogen-bond acceptors (Lipinski definition) is 4. The van der Waals surface area contributed by atoms with Gasteiger partial charge in [0.25, 0.3) is 5.91 Å². The van der Waals surface area contributed by atoms with Crippen molar-refractivity contribution >= 4 is 11.6 Å². The van der Waals surface area contributed by atoms with E-state index < -0.39 is 0 Å². The number of piperidine rings is 1. The number of hydrogen-bond donors (Lipinski definition) is 2. The van der Waals surface area contributed by atoms with Crippen LogP contribution in [0.25, 0.3) is 0 Å². The van der Waals surface area contributed by atoms with Crippen LogP contribution in [0.15, 0.2) is 23.4 Å². The minimum absolute atomic E-state index is 0.00951. The van der Waals surface area contributed by atoms with Crippen LogP contribution < -0.4 is 0 Å². The third-order valence-electron chi connectivity index (χ3n) is 3.84. The number of aryl methyl sites for hydroxylation is 1. The maximum atomic E-state index is 12.5. The second kappa shape index (κ2) is 5.94. The standard InChI is InChI=1S/C15H20N2O3/c1-3-11-9-17(7-6-13(11)16-20)15(19)12-8-10(2)4-5-14(12)18/h4-5,8,11,18,20H,3,6-7,9H2,1-2H3/b16-13+. The number of benzene rings is 1. The lowest BCUT2D eigenvalue weighted by atomic mass is 9.92. The first-order valence-electron chi connectivity index (χ1n) is 6.86. The Hall–Kier alpha value is -2.04. The van der Waals surface area contributed by atoms with Crippen molar-refractivity contribution in [2.45, 2.75) is 26.7 Å². The van der Waals surface area contributed by atoms with Crippen LogP contribution in [-0.2, 0) is 0 Å². The van der Waals surface area contributed by atoms with Crippen molar-refractivity contribution in [3.8, 4) is 5.75 Å². The maximum absolute atomic E-state index is 12.5. The van der Waals surface area contributed by atoms with Gasteiger partial charge in [0.05, 0.1) is 11.3 Å². The van der Waals surface area contributed by atoms with Gasteiger partial charge in [0.1, 0.15) is 5.75 Å². The van der Waals surface area contributed by atoms with Crippen molar-refractivity contribution < 1.29 is 15.1 Å². The summed E-state index contributed by atoms with van der Waals surface area (Å²) < 4.78 is 0. The minimum Gasteiger partial charge on any atom is -0.507 e. The summed E-state index contributed by atoms with van der Waals surface area (Å²) in [5, 5.41) is 22.1. The number of rotatable bonds is 2. The van der Waals surface area contributed by atoms with Crippen molar-refractivity contribution in [2.75, 3.05) is 13.1 Å². The molecule has 0 bridgehead atoms. The minimum atomic E-state index is -0.165. The molecule has 108 valence electrons. The molecule has 1 saturated heterocycles. The summed E-state index contributed by atoms with van der Waals surface area (Å²) in [4.78, 5) is 14.2. The topological polar surface area (TPSA) is 73.1 Å². The molecular weight excluding hydrogens is 256 g/mol. The van der Waals surface area contributed by atoms with Gasteiger partial charge in [-0.1, -0.05) is 23.7 Å². The Balaban J connectivity index is 2.20. The van der Waals surface area contributed by atoms with Gasteiger partial charge >= 0.3 is 0 Å². The second-order valence-corrected chi connectivity index (χ2v) is 5.22. The predicted molar refractivity (Wildman–Crippen MR) is 76.4 cm³/mol. The van der Waals surface area contributed by atoms with E-state index in [1.807, 2.05) is 13.8 Å². The average molecular weight is 276 g/mol. The zero-order chi connectivity index (χ0) is 14.7. The molecule has 1 fully saturated rings. The first-order valence-corrected chi connectivity index (χ1v) is 6.86. The lowest BCUT2D eigenvalue weighted by Gasteiger charge is -2.33. The Morgan fingerprint density at radius 2 is 2.25 bits per heavy atom. The van der Waals surface area contributed by atoms with Crippen LogP contribution in [-0.4, -0.2) is 39.9 Å². The van der Waals surface area contributed by atoms with E-state index in [-0.39, 0.29) is 17.6 Å². The maximum Gasteiger partial charge on any atom is 0.257 e. The number of amides is 1. The van der Waals surface area contributed by atoms with E-state index in [1.165, 1.54) is 0 Å². The largest absolute Gasteiger partial charge is 0.507 e. The first-order chi connectivity index (χ1) is 9.56. The van der Waals surface area contributed by atoms with Crippen LogP contribution >= 0.6 is 0 Å². The molecule has 2 N–H and O–H groups in total. The van der Waals surface area contributed by atoms with Gasteiger partial charge in [-0.15, -0.1) is 0 Å². The molecule has 5 nitrogen and oxygen atoms in total. The molecular formula is C15H20N2O3. The van der Waals surface area contributed by atoms with Crippen LogP contribution in [0.1, 0.15) is 35.7 Å². The van der Waals surface area contributed by atoms with Crippen LogP contribution in [0.3, 0.4) is 0 Å². The number of likely N-dealkylation sites (tertiary alicyclic amines) is 1. The molecule has 2 rings (SSSR count). The summed E-state index contributed by atoms with van der Waals surface area (Å²) in [6.45, 7) is 4.94. The van der Waals surface area contributed by atoms with E-state index in [0.717, 1.165) is 17.7 Å². The quantitative estimate of drug-likeness (QED) is 0.643. The van der Waals surface area contributed by atoms with Gasteiger partial charge in [0.15, 0.2) is 0 Å². The SMILES string of the molecule is CCC1CN(C(=O)c2cc(C)ccc2O)CC/C1=N\O. The highest BCUT2D eigenvalue weighted by atomic mass is 16.4. The number of nitrogens with zero attached hydrogens (tertiary/aromatic N) is 2. The molecule has 1 heterocycles. The third-order valence-corrected chi connectivity index (χ3v) is 3.84. The lowest BCUT2D eigenvalue weighted by Crippen LogP contribution is -2.44. The van der Waals surface area contributed by atoms with Gasteiger partial charge < -0.3 is 15.2 Å². The summed E-state index contributed by atoms with van der Waals surface area (Å²) >= 11 is 0. The third kappa shape index (κ3) is 2.76. The lowest BCUT2D eigenvalue weighted by molar-refractivity contribution is 0.0726. The Morgan fingerprint density at radius 3 is 2.90 bits per heavy atom. The van der Waals surface area contributed by atoms with Crippen LogP contribution in [0.2, 0.25) is 0 Å². The fraction of sp³-hybridized carbons (Fsp3) is 0.467. The average Bonchev–Trinajstić information content (AvgIpc) is 2.48. The smallest absolute Gasteiger partial charge is 0.257 e. The van der Waals surface area contributed by atoms with Gasteiger partial charge in [-0.05, 0) is 25.5 Å². The number of oxime groups is 1. The van der Waals surface area contributed by atoms with E-state index in [9.17, 15) is 9.90 Å². The highest BCUT2D eigenvalue weighted by Crippen LogP contribution is 2.24. The number of aromatic hydroxyl groups is 1. The zero-order valence-corrected chi connectivity index (χ0v) is 11.8. The fourth-order valence-corrected chi connectivity index (χ4v) is 2.59. The molecule has 1 aromatic carbocycles. The molecule has 5 heteroatoms. The molecule has 0 saturated carbocycles. The van der Waals surface area contributed by atoms with E-state index in [4.69, 9.17) is 5.21 Å². The Bertz CT molecular complexity index is 540. The van der Waals surface area contributed by atoms with E-state index in [2.05, 4.69) is 5.16 Å². The van der Waals surface area contributed by atoms with Crippen molar-refractivity contribution in [2.24, 2.45) is 11.1 Å². The van der Waals surface area contributed by atoms with Gasteiger partial charge in [0.2, 0.25) is 0 Å². The molecule has 1 atom stereocenters. The number of phenols is 1. The van der Waals surface area contributed by atoms with Crippen molar-refractivity contribution in [1.82, 2.24) is 4.90 Å². The summed E-state index contributed by atoms with van der Waals surface area (Å²) in [7, 11) is 0. The number of carbonyl (C=O) groups excluding carboxylic acids is 1. The second-order valence-electron chi connectivity index (χ2n) is 5.22. The monoisotopic (exact) mass is 276 g/mol. The summed E-state index contributed by atoms with van der Waals surface area (Å²) in [6.07, 6.45) is 1.40. The van der Waals surface area contributed by atoms with Gasteiger partial charge in [0, 0.05) is 25.4 Å². The molecule has 0 spiro atoms. The van der Waals surface area contributed by atoms with Gasteiger partial charge in [-0.2, -0.15) is 0 Å². The highest BCUT2D eigenvalue weighted by Gasteiger charge is 2.29. The van der Waals surface area contributed by atoms with Crippen molar-refractivity contribution in [3.05, 3.63) is 29.3 Å². The Labute approximate surface area is 118 Å². The predicted octanol–water partition coefficient (Wildman–Crippen LogP) is 2.40. The molecule has 1 aromatic rings. The van der Waals surface area contributed by atoms with Gasteiger partial charge in [-0.3, -0.25) is 4.79 Å². The first kappa shape index (κ1) is 14.4. The van der Waals surface area contributed by atoms with Gasteiger partial charge in [-0.25, -0.2) is 0 Å². The Morgan fingerprint density at radius 1 is 1.50 bits per heavy atom. The fourth-order valence-electron chi connectivity index (χ4n) is 2.59. The molecule has 1 amide bonds. The molecule has 1 aliphatic heterocycles. The van der Waals surface area contributed by atoms with Crippen LogP contribution in [0.4, 0.5) is 0 Å². The van der Waals surface area contributed by atoms with E-state index in [1.54, 1.807) is 23.1 Å². The highest BCUT2D eigenvalue weighted by molar-refractivity contribution is 5.98. The van der Waals surface area contributed by atoms with E-state index >= 15 is 0 Å². The summed E-state index contributed by atoms with van der Waals surface area (Å²) in [6, 6.07) is 5.02. The molecule has 0 aromatic heterocycles.